The van der Waals surface area contributed by atoms with Gasteiger partial charge in [-0.2, -0.15) is 0 Å². The fraction of sp³-hybridized carbons (Fsp3) is 0.250. The van der Waals surface area contributed by atoms with E-state index in [1.165, 1.54) is 16.7 Å². The van der Waals surface area contributed by atoms with Gasteiger partial charge in [0.15, 0.2) is 0 Å². The van der Waals surface area contributed by atoms with Crippen LogP contribution in [0.2, 0.25) is 0 Å². The number of hydrogen-bond donors (Lipinski definition) is 0. The third kappa shape index (κ3) is 3.47. The highest BCUT2D eigenvalue weighted by atomic mass is 16.5. The second-order valence-corrected chi connectivity index (χ2v) is 7.01. The third-order valence-electron chi connectivity index (χ3n) is 5.38. The molecule has 0 saturated heterocycles. The van der Waals surface area contributed by atoms with Crippen LogP contribution in [-0.2, 0) is 0 Å². The highest BCUT2D eigenvalue weighted by Crippen LogP contribution is 2.20. The Kier molecular flexibility index (Phi) is 5.98. The Morgan fingerprint density at radius 3 is 1.04 bits per heavy atom. The molecular weight excluding hydrogens is 347 g/mol. The maximum atomic E-state index is 5.80. The molecule has 0 bridgehead atoms. The van der Waals surface area contributed by atoms with Crippen LogP contribution >= 0.6 is 0 Å². The third-order valence-corrected chi connectivity index (χ3v) is 5.38. The Morgan fingerprint density at radius 1 is 0.500 bits per heavy atom. The Hall–Kier alpha value is -2.88. The zero-order chi connectivity index (χ0) is 20.3. The lowest BCUT2D eigenvalue weighted by molar-refractivity contribution is 0.415. The summed E-state index contributed by atoms with van der Waals surface area (Å²) < 4.78 is 17.4. The van der Waals surface area contributed by atoms with Crippen LogP contribution in [0.3, 0.4) is 0 Å². The lowest BCUT2D eigenvalue weighted by Gasteiger charge is -2.26. The molecule has 0 aliphatic rings. The molecule has 0 fully saturated rings. The molecule has 0 aromatic heterocycles. The van der Waals surface area contributed by atoms with E-state index in [4.69, 9.17) is 14.2 Å². The van der Waals surface area contributed by atoms with Gasteiger partial charge in [-0.05, 0) is 55.4 Å². The second-order valence-electron chi connectivity index (χ2n) is 7.01. The average molecular weight is 374 g/mol. The summed E-state index contributed by atoms with van der Waals surface area (Å²) in [6, 6.07) is 18.5. The topological polar surface area (TPSA) is 27.7 Å². The largest absolute Gasteiger partial charge is 0.497 e. The van der Waals surface area contributed by atoms with E-state index >= 15 is 0 Å². The van der Waals surface area contributed by atoms with Crippen LogP contribution in [0.1, 0.15) is 16.7 Å². The predicted molar refractivity (Wildman–Crippen MR) is 118 cm³/mol. The van der Waals surface area contributed by atoms with Crippen molar-refractivity contribution in [2.24, 2.45) is 0 Å². The Balaban J connectivity index is 2.46. The van der Waals surface area contributed by atoms with Crippen molar-refractivity contribution in [1.82, 2.24) is 0 Å². The zero-order valence-electron chi connectivity index (χ0n) is 17.5. The molecule has 0 spiro atoms. The van der Waals surface area contributed by atoms with Crippen molar-refractivity contribution in [2.75, 3.05) is 21.3 Å². The minimum Gasteiger partial charge on any atom is -0.497 e. The fourth-order valence-electron chi connectivity index (χ4n) is 4.04. The molecule has 28 heavy (non-hydrogen) atoms. The van der Waals surface area contributed by atoms with Gasteiger partial charge in [0.2, 0.25) is 0 Å². The summed E-state index contributed by atoms with van der Waals surface area (Å²) in [5.74, 6) is 2.59. The number of hydrogen-bond acceptors (Lipinski definition) is 3. The number of ether oxygens (including phenoxy) is 3. The van der Waals surface area contributed by atoms with E-state index in [0.29, 0.717) is 0 Å². The van der Waals surface area contributed by atoms with Crippen LogP contribution in [0.5, 0.6) is 17.2 Å². The summed E-state index contributed by atoms with van der Waals surface area (Å²) in [6.45, 7) is 6.30. The molecule has 0 heterocycles. The van der Waals surface area contributed by atoms with Gasteiger partial charge in [0.25, 0.3) is 6.71 Å². The monoisotopic (exact) mass is 374 g/mol. The van der Waals surface area contributed by atoms with Crippen molar-refractivity contribution >= 4 is 23.1 Å². The van der Waals surface area contributed by atoms with E-state index in [0.717, 1.165) is 33.6 Å². The van der Waals surface area contributed by atoms with Crippen molar-refractivity contribution in [3.63, 3.8) is 0 Å². The highest BCUT2D eigenvalue weighted by molar-refractivity contribution is 6.97. The lowest BCUT2D eigenvalue weighted by Crippen LogP contribution is -2.55. The summed E-state index contributed by atoms with van der Waals surface area (Å²) in [7, 11) is 5.17. The Morgan fingerprint density at radius 2 is 0.786 bits per heavy atom. The number of benzene rings is 3. The van der Waals surface area contributed by atoms with Crippen molar-refractivity contribution in [2.45, 2.75) is 20.8 Å². The number of methoxy groups -OCH3 is 3. The molecule has 3 aromatic rings. The standard InChI is InChI=1S/C24H27BO3/c1-16-10-7-13-19(26-4)22(16)25(23-17(2)11-8-14-20(23)27-5)24-18(3)12-9-15-21(24)28-6/h7-15H,1-6H3. The van der Waals surface area contributed by atoms with E-state index < -0.39 is 0 Å². The van der Waals surface area contributed by atoms with Crippen LogP contribution in [0.15, 0.2) is 54.6 Å². The van der Waals surface area contributed by atoms with Gasteiger partial charge in [-0.15, -0.1) is 0 Å². The van der Waals surface area contributed by atoms with Crippen LogP contribution in [0.25, 0.3) is 0 Å². The summed E-state index contributed by atoms with van der Waals surface area (Å²) in [5.41, 5.74) is 6.89. The van der Waals surface area contributed by atoms with Crippen LogP contribution in [0, 0.1) is 20.8 Å². The van der Waals surface area contributed by atoms with E-state index in [1.54, 1.807) is 21.3 Å². The van der Waals surface area contributed by atoms with Gasteiger partial charge in [-0.3, -0.25) is 0 Å². The maximum absolute atomic E-state index is 5.80. The lowest BCUT2D eigenvalue weighted by atomic mass is 9.34. The van der Waals surface area contributed by atoms with Crippen LogP contribution in [-0.4, -0.2) is 28.0 Å². The molecule has 0 unspecified atom stereocenters. The van der Waals surface area contributed by atoms with E-state index in [9.17, 15) is 0 Å². The molecular formula is C24H27BO3. The van der Waals surface area contributed by atoms with Gasteiger partial charge in [0.05, 0.1) is 21.3 Å². The van der Waals surface area contributed by atoms with E-state index in [-0.39, 0.29) is 6.71 Å². The minimum absolute atomic E-state index is 0.0801. The summed E-state index contributed by atoms with van der Waals surface area (Å²) in [4.78, 5) is 0. The summed E-state index contributed by atoms with van der Waals surface area (Å²) in [6.07, 6.45) is 0. The van der Waals surface area contributed by atoms with Gasteiger partial charge < -0.3 is 14.2 Å². The van der Waals surface area contributed by atoms with E-state index in [2.05, 4.69) is 39.0 Å². The van der Waals surface area contributed by atoms with Crippen molar-refractivity contribution in [3.05, 3.63) is 71.3 Å². The first-order chi connectivity index (χ1) is 13.5. The minimum atomic E-state index is -0.0801. The first-order valence-corrected chi connectivity index (χ1v) is 9.44. The van der Waals surface area contributed by atoms with Gasteiger partial charge in [0, 0.05) is 0 Å². The predicted octanol–water partition coefficient (Wildman–Crippen LogP) is 3.15. The quantitative estimate of drug-likeness (QED) is 0.621. The van der Waals surface area contributed by atoms with Gasteiger partial charge in [-0.1, -0.05) is 53.1 Å². The zero-order valence-corrected chi connectivity index (χ0v) is 17.5. The Bertz CT molecular complexity index is 854. The highest BCUT2D eigenvalue weighted by Gasteiger charge is 2.33. The van der Waals surface area contributed by atoms with Crippen molar-refractivity contribution in [3.8, 4) is 17.2 Å². The van der Waals surface area contributed by atoms with Gasteiger partial charge in [0.1, 0.15) is 17.2 Å². The molecule has 3 nitrogen and oxygen atoms in total. The molecule has 3 rings (SSSR count). The number of aryl methyl sites for hydroxylation is 3. The molecule has 0 atom stereocenters. The first kappa shape index (κ1) is 19.9. The molecule has 0 radical (unpaired) electrons. The average Bonchev–Trinajstić information content (AvgIpc) is 2.70. The molecule has 0 aliphatic heterocycles. The van der Waals surface area contributed by atoms with Crippen molar-refractivity contribution in [1.29, 1.82) is 0 Å². The SMILES string of the molecule is COc1cccc(C)c1B(c1c(C)cccc1OC)c1c(C)cccc1OC. The van der Waals surface area contributed by atoms with Crippen LogP contribution in [0.4, 0.5) is 0 Å². The molecule has 3 aromatic carbocycles. The normalized spacial score (nSPS) is 10.5. The first-order valence-electron chi connectivity index (χ1n) is 9.44. The number of rotatable bonds is 6. The second kappa shape index (κ2) is 8.43. The Labute approximate surface area is 168 Å². The van der Waals surface area contributed by atoms with E-state index in [1.807, 2.05) is 36.4 Å². The molecule has 0 N–H and O–H groups in total. The fourth-order valence-corrected chi connectivity index (χ4v) is 4.04. The summed E-state index contributed by atoms with van der Waals surface area (Å²) >= 11 is 0. The van der Waals surface area contributed by atoms with Gasteiger partial charge >= 0.3 is 0 Å². The molecule has 0 amide bonds. The molecule has 144 valence electrons. The molecule has 0 aliphatic carbocycles. The van der Waals surface area contributed by atoms with Crippen molar-refractivity contribution < 1.29 is 14.2 Å². The molecule has 0 saturated carbocycles. The van der Waals surface area contributed by atoms with Gasteiger partial charge in [-0.25, -0.2) is 0 Å². The smallest absolute Gasteiger partial charge is 0.256 e. The summed E-state index contributed by atoms with van der Waals surface area (Å²) in [5, 5.41) is 0. The maximum Gasteiger partial charge on any atom is 0.256 e. The van der Waals surface area contributed by atoms with Crippen LogP contribution < -0.4 is 30.6 Å². The molecule has 4 heteroatoms.